The topological polar surface area (TPSA) is 37.8 Å². The van der Waals surface area contributed by atoms with Crippen LogP contribution in [0.3, 0.4) is 0 Å². The van der Waals surface area contributed by atoms with Crippen LogP contribution in [0, 0.1) is 6.92 Å². The van der Waals surface area contributed by atoms with Crippen LogP contribution in [-0.4, -0.2) is 10.2 Å². The summed E-state index contributed by atoms with van der Waals surface area (Å²) in [5, 5.41) is 11.2. The van der Waals surface area contributed by atoms with E-state index in [1.165, 1.54) is 11.1 Å². The van der Waals surface area contributed by atoms with Gasteiger partial charge in [0, 0.05) is 23.8 Å². The van der Waals surface area contributed by atoms with Crippen molar-refractivity contribution in [2.75, 3.05) is 0 Å². The van der Waals surface area contributed by atoms with E-state index < -0.39 is 0 Å². The number of aromatic nitrogens is 2. The van der Waals surface area contributed by atoms with Crippen LogP contribution in [0.15, 0.2) is 41.0 Å². The first-order valence-corrected chi connectivity index (χ1v) is 6.27. The van der Waals surface area contributed by atoms with Crippen LogP contribution >= 0.6 is 15.9 Å². The largest absolute Gasteiger partial charge is 0.307 e. The third-order valence-electron chi connectivity index (χ3n) is 2.46. The first kappa shape index (κ1) is 12.2. The zero-order valence-corrected chi connectivity index (χ0v) is 11.2. The molecular weight excluding hydrogens is 278 g/mol. The van der Waals surface area contributed by atoms with E-state index in [2.05, 4.69) is 56.6 Å². The first-order chi connectivity index (χ1) is 8.25. The Labute approximate surface area is 109 Å². The van der Waals surface area contributed by atoms with Crippen LogP contribution in [-0.2, 0) is 13.1 Å². The zero-order chi connectivity index (χ0) is 12.1. The molecule has 0 unspecified atom stereocenters. The van der Waals surface area contributed by atoms with E-state index in [1.54, 1.807) is 6.20 Å². The number of benzene rings is 1. The standard InChI is InChI=1S/C13H14BrN3/c1-10-4-5-11(13(14)7-10)8-15-9-12-3-2-6-16-17-12/h2-7,15H,8-9H2,1H3. The molecule has 1 heterocycles. The molecule has 0 atom stereocenters. The van der Waals surface area contributed by atoms with Crippen LogP contribution in [0.1, 0.15) is 16.8 Å². The van der Waals surface area contributed by atoms with Crippen LogP contribution in [0.2, 0.25) is 0 Å². The Bertz CT molecular complexity index is 485. The van der Waals surface area contributed by atoms with Crippen molar-refractivity contribution < 1.29 is 0 Å². The van der Waals surface area contributed by atoms with Gasteiger partial charge in [-0.05, 0) is 36.2 Å². The van der Waals surface area contributed by atoms with Crippen LogP contribution < -0.4 is 5.32 Å². The van der Waals surface area contributed by atoms with E-state index in [0.29, 0.717) is 0 Å². The van der Waals surface area contributed by atoms with Crippen molar-refractivity contribution >= 4 is 15.9 Å². The minimum absolute atomic E-state index is 0.730. The van der Waals surface area contributed by atoms with Gasteiger partial charge in [-0.25, -0.2) is 0 Å². The Kier molecular flexibility index (Phi) is 4.23. The van der Waals surface area contributed by atoms with Gasteiger partial charge in [0.25, 0.3) is 0 Å². The number of rotatable bonds is 4. The van der Waals surface area contributed by atoms with Gasteiger partial charge < -0.3 is 5.32 Å². The third kappa shape index (κ3) is 3.61. The minimum atomic E-state index is 0.730. The van der Waals surface area contributed by atoms with Gasteiger partial charge in [-0.2, -0.15) is 10.2 Å². The maximum absolute atomic E-state index is 4.02. The number of nitrogens with one attached hydrogen (secondary N) is 1. The van der Waals surface area contributed by atoms with Crippen molar-refractivity contribution in [3.8, 4) is 0 Å². The average molecular weight is 292 g/mol. The molecule has 17 heavy (non-hydrogen) atoms. The molecule has 88 valence electrons. The molecule has 1 N–H and O–H groups in total. The van der Waals surface area contributed by atoms with Crippen molar-refractivity contribution in [2.45, 2.75) is 20.0 Å². The number of hydrogen-bond donors (Lipinski definition) is 1. The quantitative estimate of drug-likeness (QED) is 0.941. The van der Waals surface area contributed by atoms with Gasteiger partial charge in [0.05, 0.1) is 5.69 Å². The van der Waals surface area contributed by atoms with Crippen LogP contribution in [0.4, 0.5) is 0 Å². The van der Waals surface area contributed by atoms with E-state index in [4.69, 9.17) is 0 Å². The lowest BCUT2D eigenvalue weighted by Gasteiger charge is -2.07. The van der Waals surface area contributed by atoms with E-state index in [-0.39, 0.29) is 0 Å². The summed E-state index contributed by atoms with van der Waals surface area (Å²) in [4.78, 5) is 0. The number of aryl methyl sites for hydroxylation is 1. The van der Waals surface area contributed by atoms with Gasteiger partial charge in [-0.1, -0.05) is 28.1 Å². The van der Waals surface area contributed by atoms with Gasteiger partial charge in [-0.15, -0.1) is 0 Å². The Morgan fingerprint density at radius 1 is 1.24 bits per heavy atom. The third-order valence-corrected chi connectivity index (χ3v) is 3.20. The van der Waals surface area contributed by atoms with E-state index in [9.17, 15) is 0 Å². The van der Waals surface area contributed by atoms with Crippen molar-refractivity contribution in [1.29, 1.82) is 0 Å². The summed E-state index contributed by atoms with van der Waals surface area (Å²) in [7, 11) is 0. The van der Waals surface area contributed by atoms with E-state index >= 15 is 0 Å². The molecule has 0 radical (unpaired) electrons. The average Bonchev–Trinajstić information content (AvgIpc) is 2.33. The highest BCUT2D eigenvalue weighted by atomic mass is 79.9. The first-order valence-electron chi connectivity index (χ1n) is 5.48. The molecule has 2 aromatic rings. The van der Waals surface area contributed by atoms with Crippen molar-refractivity contribution in [3.05, 3.63) is 57.8 Å². The summed E-state index contributed by atoms with van der Waals surface area (Å²) < 4.78 is 1.14. The Balaban J connectivity index is 1.90. The van der Waals surface area contributed by atoms with Crippen molar-refractivity contribution in [1.82, 2.24) is 15.5 Å². The summed E-state index contributed by atoms with van der Waals surface area (Å²) in [5.41, 5.74) is 3.46. The summed E-state index contributed by atoms with van der Waals surface area (Å²) in [6, 6.07) is 10.2. The number of halogens is 1. The highest BCUT2D eigenvalue weighted by molar-refractivity contribution is 9.10. The predicted octanol–water partition coefficient (Wildman–Crippen LogP) is 2.84. The molecule has 1 aromatic carbocycles. The molecule has 3 nitrogen and oxygen atoms in total. The molecule has 2 rings (SSSR count). The fourth-order valence-corrected chi connectivity index (χ4v) is 2.18. The number of nitrogens with zero attached hydrogens (tertiary/aromatic N) is 2. The lowest BCUT2D eigenvalue weighted by Crippen LogP contribution is -2.14. The maximum atomic E-state index is 4.02. The van der Waals surface area contributed by atoms with Crippen molar-refractivity contribution in [3.63, 3.8) is 0 Å². The molecular formula is C13H14BrN3. The molecule has 0 aliphatic rings. The molecule has 0 aliphatic heterocycles. The molecule has 0 aliphatic carbocycles. The SMILES string of the molecule is Cc1ccc(CNCc2cccnn2)c(Br)c1. The summed E-state index contributed by atoms with van der Waals surface area (Å²) in [6.45, 7) is 3.63. The van der Waals surface area contributed by atoms with Gasteiger partial charge in [0.2, 0.25) is 0 Å². The van der Waals surface area contributed by atoms with E-state index in [0.717, 1.165) is 23.3 Å². The Morgan fingerprint density at radius 2 is 2.12 bits per heavy atom. The zero-order valence-electron chi connectivity index (χ0n) is 9.65. The highest BCUT2D eigenvalue weighted by Crippen LogP contribution is 2.18. The second-order valence-electron chi connectivity index (χ2n) is 3.91. The Hall–Kier alpha value is -1.26. The van der Waals surface area contributed by atoms with Gasteiger partial charge in [0.1, 0.15) is 0 Å². The van der Waals surface area contributed by atoms with Gasteiger partial charge >= 0.3 is 0 Å². The normalized spacial score (nSPS) is 10.5. The molecule has 0 amide bonds. The molecule has 0 fully saturated rings. The molecule has 0 bridgehead atoms. The molecule has 0 spiro atoms. The van der Waals surface area contributed by atoms with Crippen LogP contribution in [0.25, 0.3) is 0 Å². The molecule has 0 saturated carbocycles. The summed E-state index contributed by atoms with van der Waals surface area (Å²) in [5.74, 6) is 0. The number of hydrogen-bond acceptors (Lipinski definition) is 3. The lowest BCUT2D eigenvalue weighted by atomic mass is 10.1. The highest BCUT2D eigenvalue weighted by Gasteiger charge is 2.00. The fourth-order valence-electron chi connectivity index (χ4n) is 1.55. The predicted molar refractivity (Wildman–Crippen MR) is 71.5 cm³/mol. The van der Waals surface area contributed by atoms with Crippen molar-refractivity contribution in [2.24, 2.45) is 0 Å². The lowest BCUT2D eigenvalue weighted by molar-refractivity contribution is 0.668. The molecule has 0 saturated heterocycles. The monoisotopic (exact) mass is 291 g/mol. The second-order valence-corrected chi connectivity index (χ2v) is 4.77. The fraction of sp³-hybridized carbons (Fsp3) is 0.231. The second kappa shape index (κ2) is 5.89. The van der Waals surface area contributed by atoms with E-state index in [1.807, 2.05) is 12.1 Å². The smallest absolute Gasteiger partial charge is 0.0769 e. The summed E-state index contributed by atoms with van der Waals surface area (Å²) >= 11 is 3.57. The van der Waals surface area contributed by atoms with Crippen LogP contribution in [0.5, 0.6) is 0 Å². The maximum Gasteiger partial charge on any atom is 0.0769 e. The summed E-state index contributed by atoms with van der Waals surface area (Å²) in [6.07, 6.45) is 1.68. The van der Waals surface area contributed by atoms with Gasteiger partial charge in [-0.3, -0.25) is 0 Å². The van der Waals surface area contributed by atoms with Gasteiger partial charge in [0.15, 0.2) is 0 Å². The Morgan fingerprint density at radius 3 is 2.82 bits per heavy atom. The molecule has 1 aromatic heterocycles. The molecule has 4 heteroatoms. The minimum Gasteiger partial charge on any atom is -0.307 e.